The summed E-state index contributed by atoms with van der Waals surface area (Å²) < 4.78 is 11.1. The maximum absolute atomic E-state index is 13.6. The number of hydrogen-bond donors (Lipinski definition) is 1. The molecule has 1 N–H and O–H groups in total. The zero-order valence-electron chi connectivity index (χ0n) is 21.6. The number of carbonyl (C=O) groups excluding carboxylic acids is 2. The van der Waals surface area contributed by atoms with Crippen LogP contribution in [0.15, 0.2) is 98.7 Å². The third-order valence-electron chi connectivity index (χ3n) is 6.53. The van der Waals surface area contributed by atoms with Crippen molar-refractivity contribution in [2.24, 2.45) is 4.99 Å². The van der Waals surface area contributed by atoms with E-state index in [0.29, 0.717) is 23.6 Å². The number of fused-ring (bicyclic) bond motifs is 1. The number of aryl methyl sites for hydroxylation is 2. The topological polar surface area (TPSA) is 84.1 Å². The second-order valence-corrected chi connectivity index (χ2v) is 10.2. The lowest BCUT2D eigenvalue weighted by Crippen LogP contribution is -2.38. The van der Waals surface area contributed by atoms with Crippen LogP contribution < -0.4 is 5.32 Å². The standard InChI is InChI=1S/C30H29N3O4S/c1-19-11-12-25(20(2)14-19)28-27(29(35)37-17-22-8-5-4-6-9-22)21(3)32-30-33(28)23(18-38-30)15-26(34)31-16-24-10-7-13-36-24/h4-14,18,28H,15-17H2,1-3H3,(H,31,34)/t28-/m1/s1. The van der Waals surface area contributed by atoms with Gasteiger partial charge in [-0.2, -0.15) is 0 Å². The van der Waals surface area contributed by atoms with E-state index >= 15 is 0 Å². The zero-order valence-corrected chi connectivity index (χ0v) is 22.4. The number of ether oxygens (including phenoxy) is 1. The smallest absolute Gasteiger partial charge is 0.338 e. The largest absolute Gasteiger partial charge is 0.467 e. The average molecular weight is 528 g/mol. The Hall–Kier alpha value is -4.04. The number of allylic oxidation sites excluding steroid dienone is 1. The van der Waals surface area contributed by atoms with Gasteiger partial charge in [-0.25, -0.2) is 9.79 Å². The highest BCUT2D eigenvalue weighted by molar-refractivity contribution is 8.16. The first-order valence-electron chi connectivity index (χ1n) is 12.4. The second kappa shape index (κ2) is 11.1. The van der Waals surface area contributed by atoms with Crippen LogP contribution in [-0.4, -0.2) is 21.9 Å². The first-order chi connectivity index (χ1) is 18.4. The Kier molecular flexibility index (Phi) is 7.51. The van der Waals surface area contributed by atoms with Crippen LogP contribution in [0, 0.1) is 13.8 Å². The van der Waals surface area contributed by atoms with Crippen LogP contribution >= 0.6 is 11.8 Å². The Morgan fingerprint density at radius 2 is 1.89 bits per heavy atom. The minimum atomic E-state index is -0.467. The molecule has 0 spiro atoms. The number of carbonyl (C=O) groups is 2. The van der Waals surface area contributed by atoms with Gasteiger partial charge in [-0.3, -0.25) is 4.79 Å². The summed E-state index contributed by atoms with van der Waals surface area (Å²) in [5.41, 5.74) is 5.93. The van der Waals surface area contributed by atoms with Crippen molar-refractivity contribution in [2.75, 3.05) is 0 Å². The summed E-state index contributed by atoms with van der Waals surface area (Å²) in [7, 11) is 0. The van der Waals surface area contributed by atoms with Gasteiger partial charge < -0.3 is 19.4 Å². The molecule has 8 heteroatoms. The van der Waals surface area contributed by atoms with E-state index in [4.69, 9.17) is 14.1 Å². The predicted molar refractivity (Wildman–Crippen MR) is 148 cm³/mol. The molecule has 0 unspecified atom stereocenters. The van der Waals surface area contributed by atoms with E-state index in [1.807, 2.05) is 79.6 Å². The predicted octanol–water partition coefficient (Wildman–Crippen LogP) is 5.92. The number of hydrogen-bond acceptors (Lipinski definition) is 7. The molecule has 7 nitrogen and oxygen atoms in total. The first kappa shape index (κ1) is 25.6. The van der Waals surface area contributed by atoms with Gasteiger partial charge in [-0.15, -0.1) is 0 Å². The number of esters is 1. The van der Waals surface area contributed by atoms with Crippen LogP contribution in [0.2, 0.25) is 0 Å². The molecular weight excluding hydrogens is 498 g/mol. The molecule has 0 radical (unpaired) electrons. The number of aliphatic imine (C=N–C) groups is 1. The Balaban J connectivity index is 1.44. The SMILES string of the molecule is CC1=C(C(=O)OCc2ccccc2)[C@@H](c2ccc(C)cc2C)N2C(CC(=O)NCc3ccco3)=CSC2=N1. The molecule has 2 aromatic carbocycles. The monoisotopic (exact) mass is 527 g/mol. The van der Waals surface area contributed by atoms with Gasteiger partial charge in [0.2, 0.25) is 5.91 Å². The number of furan rings is 1. The fourth-order valence-electron chi connectivity index (χ4n) is 4.68. The van der Waals surface area contributed by atoms with Crippen molar-refractivity contribution < 1.29 is 18.7 Å². The maximum atomic E-state index is 13.6. The van der Waals surface area contributed by atoms with Crippen molar-refractivity contribution in [3.05, 3.63) is 117 Å². The minimum Gasteiger partial charge on any atom is -0.467 e. The van der Waals surface area contributed by atoms with Gasteiger partial charge in [0, 0.05) is 5.70 Å². The van der Waals surface area contributed by atoms with Crippen molar-refractivity contribution >= 4 is 28.8 Å². The molecule has 1 atom stereocenters. The van der Waals surface area contributed by atoms with E-state index in [9.17, 15) is 9.59 Å². The summed E-state index contributed by atoms with van der Waals surface area (Å²) in [4.78, 5) is 33.2. The molecule has 0 aliphatic carbocycles. The van der Waals surface area contributed by atoms with Crippen molar-refractivity contribution in [1.29, 1.82) is 0 Å². The van der Waals surface area contributed by atoms with Crippen LogP contribution in [0.25, 0.3) is 0 Å². The fraction of sp³-hybridized carbons (Fsp3) is 0.233. The van der Waals surface area contributed by atoms with Crippen molar-refractivity contribution in [1.82, 2.24) is 10.2 Å². The third kappa shape index (κ3) is 5.45. The molecule has 3 heterocycles. The van der Waals surface area contributed by atoms with Gasteiger partial charge in [0.1, 0.15) is 12.4 Å². The van der Waals surface area contributed by atoms with Crippen LogP contribution in [0.5, 0.6) is 0 Å². The number of nitrogens with one attached hydrogen (secondary N) is 1. The molecule has 0 saturated heterocycles. The minimum absolute atomic E-state index is 0.138. The molecule has 3 aromatic rings. The van der Waals surface area contributed by atoms with Gasteiger partial charge in [0.25, 0.3) is 0 Å². The van der Waals surface area contributed by atoms with E-state index in [2.05, 4.69) is 11.4 Å². The highest BCUT2D eigenvalue weighted by Crippen LogP contribution is 2.45. The molecule has 5 rings (SSSR count). The van der Waals surface area contributed by atoms with E-state index in [1.165, 1.54) is 11.8 Å². The Bertz CT molecular complexity index is 1440. The number of thioether (sulfide) groups is 1. The summed E-state index contributed by atoms with van der Waals surface area (Å²) in [5, 5.41) is 5.58. The zero-order chi connectivity index (χ0) is 26.6. The normalized spacial score (nSPS) is 16.6. The second-order valence-electron chi connectivity index (χ2n) is 9.35. The van der Waals surface area contributed by atoms with E-state index in [1.54, 1.807) is 12.3 Å². The van der Waals surface area contributed by atoms with Gasteiger partial charge in [0.15, 0.2) is 5.17 Å². The van der Waals surface area contributed by atoms with E-state index in [-0.39, 0.29) is 18.9 Å². The average Bonchev–Trinajstić information content (AvgIpc) is 3.56. The van der Waals surface area contributed by atoms with Crippen molar-refractivity contribution in [3.63, 3.8) is 0 Å². The molecule has 0 fully saturated rings. The molecule has 194 valence electrons. The van der Waals surface area contributed by atoms with Crippen molar-refractivity contribution in [3.8, 4) is 0 Å². The Morgan fingerprint density at radius 1 is 1.08 bits per heavy atom. The molecule has 2 aliphatic heterocycles. The summed E-state index contributed by atoms with van der Waals surface area (Å²) in [6.45, 7) is 6.40. The number of amidine groups is 1. The number of amides is 1. The Morgan fingerprint density at radius 3 is 2.63 bits per heavy atom. The van der Waals surface area contributed by atoms with Crippen LogP contribution in [-0.2, 0) is 27.5 Å². The number of benzene rings is 2. The molecular formula is C30H29N3O4S. The molecule has 0 bridgehead atoms. The first-order valence-corrected chi connectivity index (χ1v) is 13.3. The highest BCUT2D eigenvalue weighted by Gasteiger charge is 2.41. The fourth-order valence-corrected chi connectivity index (χ4v) is 5.65. The molecule has 38 heavy (non-hydrogen) atoms. The van der Waals surface area contributed by atoms with Crippen LogP contribution in [0.1, 0.15) is 47.4 Å². The molecule has 1 aromatic heterocycles. The summed E-state index contributed by atoms with van der Waals surface area (Å²) >= 11 is 1.46. The molecule has 2 aliphatic rings. The molecule has 0 saturated carbocycles. The molecule has 1 amide bonds. The van der Waals surface area contributed by atoms with Crippen LogP contribution in [0.4, 0.5) is 0 Å². The van der Waals surface area contributed by atoms with E-state index < -0.39 is 12.0 Å². The Labute approximate surface area is 226 Å². The van der Waals surface area contributed by atoms with Crippen LogP contribution in [0.3, 0.4) is 0 Å². The lowest BCUT2D eigenvalue weighted by molar-refractivity contribution is -0.141. The van der Waals surface area contributed by atoms with Crippen molar-refractivity contribution in [2.45, 2.75) is 46.4 Å². The quantitative estimate of drug-likeness (QED) is 0.366. The van der Waals surface area contributed by atoms with E-state index in [0.717, 1.165) is 33.1 Å². The van der Waals surface area contributed by atoms with Gasteiger partial charge in [-0.05, 0) is 55.0 Å². The van der Waals surface area contributed by atoms with Gasteiger partial charge >= 0.3 is 5.97 Å². The summed E-state index contributed by atoms with van der Waals surface area (Å²) in [6, 6.07) is 18.9. The van der Waals surface area contributed by atoms with Gasteiger partial charge in [0.05, 0.1) is 36.5 Å². The lowest BCUT2D eigenvalue weighted by Gasteiger charge is -2.37. The maximum Gasteiger partial charge on any atom is 0.338 e. The summed E-state index contributed by atoms with van der Waals surface area (Å²) in [5.74, 6) is 0.120. The number of nitrogens with zero attached hydrogens (tertiary/aromatic N) is 2. The highest BCUT2D eigenvalue weighted by atomic mass is 32.2. The van der Waals surface area contributed by atoms with Gasteiger partial charge in [-0.1, -0.05) is 65.9 Å². The summed E-state index contributed by atoms with van der Waals surface area (Å²) in [6.07, 6.45) is 1.72. The number of rotatable bonds is 8. The third-order valence-corrected chi connectivity index (χ3v) is 7.42. The lowest BCUT2D eigenvalue weighted by atomic mass is 9.90.